The molecule has 2 N–H and O–H groups in total. The minimum absolute atomic E-state index is 0.301. The molecule has 0 saturated heterocycles. The Morgan fingerprint density at radius 3 is 2.60 bits per heavy atom. The van der Waals surface area contributed by atoms with Gasteiger partial charge in [-0.1, -0.05) is 0 Å². The third-order valence-electron chi connectivity index (χ3n) is 1.37. The normalized spacial score (nSPS) is 9.90. The number of nitrogen functional groups attached to an aromatic ring is 1. The lowest BCUT2D eigenvalue weighted by molar-refractivity contribution is 0.616. The van der Waals surface area contributed by atoms with Gasteiger partial charge in [-0.3, -0.25) is 0 Å². The van der Waals surface area contributed by atoms with Crippen LogP contribution >= 0.6 is 12.6 Å². The van der Waals surface area contributed by atoms with Crippen LogP contribution in [-0.4, -0.2) is 0 Å². The zero-order valence-electron chi connectivity index (χ0n) is 5.56. The molecule has 1 aromatic rings. The Hall–Kier alpha value is -0.700. The lowest BCUT2D eigenvalue weighted by atomic mass is 10.2. The predicted molar refractivity (Wildman–Crippen MR) is 42.8 cm³/mol. The second-order valence-corrected chi connectivity index (χ2v) is 2.66. The standard InChI is InChI=1S/C7H8FNS/c1-4-6(8)2-5(10)3-7(4)9/h2-3,10H,9H2,1H3. The molecule has 0 atom stereocenters. The number of hydrogen-bond donors (Lipinski definition) is 2. The summed E-state index contributed by atoms with van der Waals surface area (Å²) in [7, 11) is 0. The van der Waals surface area contributed by atoms with Crippen LogP contribution in [0.25, 0.3) is 0 Å². The fraction of sp³-hybridized carbons (Fsp3) is 0.143. The first-order chi connectivity index (χ1) is 4.61. The minimum atomic E-state index is -0.301. The van der Waals surface area contributed by atoms with Crippen LogP contribution in [0.5, 0.6) is 0 Å². The van der Waals surface area contributed by atoms with Gasteiger partial charge >= 0.3 is 0 Å². The van der Waals surface area contributed by atoms with Gasteiger partial charge in [0.25, 0.3) is 0 Å². The van der Waals surface area contributed by atoms with Crippen molar-refractivity contribution in [1.82, 2.24) is 0 Å². The molecule has 0 unspecified atom stereocenters. The summed E-state index contributed by atoms with van der Waals surface area (Å²) in [4.78, 5) is 0.556. The van der Waals surface area contributed by atoms with Gasteiger partial charge in [-0.05, 0) is 19.1 Å². The van der Waals surface area contributed by atoms with Crippen LogP contribution in [0.3, 0.4) is 0 Å². The van der Waals surface area contributed by atoms with E-state index in [2.05, 4.69) is 12.6 Å². The average Bonchev–Trinajstić information content (AvgIpc) is 1.82. The highest BCUT2D eigenvalue weighted by Gasteiger charge is 2.00. The summed E-state index contributed by atoms with van der Waals surface area (Å²) < 4.78 is 12.7. The molecule has 0 heterocycles. The molecule has 1 nitrogen and oxygen atoms in total. The molecule has 1 aromatic carbocycles. The van der Waals surface area contributed by atoms with E-state index < -0.39 is 0 Å². The van der Waals surface area contributed by atoms with Crippen LogP contribution in [-0.2, 0) is 0 Å². The Balaban J connectivity index is 3.31. The molecule has 3 heteroatoms. The summed E-state index contributed by atoms with van der Waals surface area (Å²) >= 11 is 3.95. The molecule has 0 spiro atoms. The molecule has 0 radical (unpaired) electrons. The van der Waals surface area contributed by atoms with Crippen LogP contribution in [0.2, 0.25) is 0 Å². The maximum Gasteiger partial charge on any atom is 0.129 e. The molecule has 0 aliphatic carbocycles. The van der Waals surface area contributed by atoms with Gasteiger partial charge in [0.2, 0.25) is 0 Å². The first-order valence-corrected chi connectivity index (χ1v) is 3.30. The summed E-state index contributed by atoms with van der Waals surface area (Å²) in [5, 5.41) is 0. The topological polar surface area (TPSA) is 26.0 Å². The number of nitrogens with two attached hydrogens (primary N) is 1. The summed E-state index contributed by atoms with van der Waals surface area (Å²) in [6, 6.07) is 2.97. The molecule has 0 bridgehead atoms. The molecule has 10 heavy (non-hydrogen) atoms. The van der Waals surface area contributed by atoms with Gasteiger partial charge in [-0.15, -0.1) is 12.6 Å². The lowest BCUT2D eigenvalue weighted by Crippen LogP contribution is -1.92. The third kappa shape index (κ3) is 1.24. The fourth-order valence-corrected chi connectivity index (χ4v) is 0.938. The van der Waals surface area contributed by atoms with Crippen molar-refractivity contribution in [2.75, 3.05) is 5.73 Å². The second kappa shape index (κ2) is 2.50. The minimum Gasteiger partial charge on any atom is -0.398 e. The number of thiol groups is 1. The Morgan fingerprint density at radius 1 is 1.50 bits per heavy atom. The van der Waals surface area contributed by atoms with E-state index in [4.69, 9.17) is 5.73 Å². The van der Waals surface area contributed by atoms with Crippen LogP contribution in [0.1, 0.15) is 5.56 Å². The van der Waals surface area contributed by atoms with Gasteiger partial charge in [-0.2, -0.15) is 0 Å². The SMILES string of the molecule is Cc1c(N)cc(S)cc1F. The average molecular weight is 157 g/mol. The van der Waals surface area contributed by atoms with Crippen LogP contribution in [0.4, 0.5) is 10.1 Å². The molecule has 0 aliphatic rings. The molecule has 0 fully saturated rings. The van der Waals surface area contributed by atoms with Gasteiger partial charge in [0.05, 0.1) is 0 Å². The summed E-state index contributed by atoms with van der Waals surface area (Å²) in [6.45, 7) is 1.64. The Kier molecular flexibility index (Phi) is 1.85. The van der Waals surface area contributed by atoms with E-state index in [1.54, 1.807) is 13.0 Å². The van der Waals surface area contributed by atoms with E-state index >= 15 is 0 Å². The van der Waals surface area contributed by atoms with Crippen molar-refractivity contribution in [2.45, 2.75) is 11.8 Å². The van der Waals surface area contributed by atoms with Crippen LogP contribution in [0.15, 0.2) is 17.0 Å². The highest BCUT2D eigenvalue weighted by Crippen LogP contribution is 2.19. The summed E-state index contributed by atoms with van der Waals surface area (Å²) in [5.74, 6) is -0.301. The van der Waals surface area contributed by atoms with E-state index in [0.717, 1.165) is 0 Å². The molecule has 0 aliphatic heterocycles. The molecule has 0 saturated carbocycles. The van der Waals surface area contributed by atoms with Gasteiger partial charge in [0.15, 0.2) is 0 Å². The highest BCUT2D eigenvalue weighted by atomic mass is 32.1. The molecule has 0 amide bonds. The van der Waals surface area contributed by atoms with E-state index in [1.165, 1.54) is 6.07 Å². The summed E-state index contributed by atoms with van der Waals surface area (Å²) in [5.41, 5.74) is 6.37. The second-order valence-electron chi connectivity index (χ2n) is 2.14. The van der Waals surface area contributed by atoms with Gasteiger partial charge < -0.3 is 5.73 Å². The highest BCUT2D eigenvalue weighted by molar-refractivity contribution is 7.80. The molecule has 0 aromatic heterocycles. The zero-order chi connectivity index (χ0) is 7.72. The fourth-order valence-electron chi connectivity index (χ4n) is 0.685. The smallest absolute Gasteiger partial charge is 0.129 e. The van der Waals surface area contributed by atoms with E-state index in [0.29, 0.717) is 16.1 Å². The van der Waals surface area contributed by atoms with Crippen molar-refractivity contribution in [3.8, 4) is 0 Å². The summed E-state index contributed by atoms with van der Waals surface area (Å²) in [6.07, 6.45) is 0. The molecule has 1 rings (SSSR count). The lowest BCUT2D eigenvalue weighted by Gasteiger charge is -2.01. The molecule has 54 valence electrons. The third-order valence-corrected chi connectivity index (χ3v) is 1.63. The van der Waals surface area contributed by atoms with Crippen molar-refractivity contribution >= 4 is 18.3 Å². The van der Waals surface area contributed by atoms with Crippen molar-refractivity contribution in [2.24, 2.45) is 0 Å². The van der Waals surface area contributed by atoms with Crippen molar-refractivity contribution in [3.63, 3.8) is 0 Å². The Bertz CT molecular complexity index is 237. The van der Waals surface area contributed by atoms with Gasteiger partial charge in [0.1, 0.15) is 5.82 Å². The van der Waals surface area contributed by atoms with E-state index in [-0.39, 0.29) is 5.82 Å². The first kappa shape index (κ1) is 7.41. The number of anilines is 1. The first-order valence-electron chi connectivity index (χ1n) is 2.86. The van der Waals surface area contributed by atoms with Crippen molar-refractivity contribution in [1.29, 1.82) is 0 Å². The van der Waals surface area contributed by atoms with E-state index in [1.807, 2.05) is 0 Å². The number of hydrogen-bond acceptors (Lipinski definition) is 2. The number of rotatable bonds is 0. The van der Waals surface area contributed by atoms with Crippen molar-refractivity contribution < 1.29 is 4.39 Å². The molecular formula is C7H8FNS. The van der Waals surface area contributed by atoms with Crippen molar-refractivity contribution in [3.05, 3.63) is 23.5 Å². The maximum atomic E-state index is 12.7. The van der Waals surface area contributed by atoms with Crippen LogP contribution < -0.4 is 5.73 Å². The maximum absolute atomic E-state index is 12.7. The quantitative estimate of drug-likeness (QED) is 0.437. The Labute approximate surface area is 64.5 Å². The monoisotopic (exact) mass is 157 g/mol. The number of benzene rings is 1. The van der Waals surface area contributed by atoms with E-state index in [9.17, 15) is 4.39 Å². The molecular weight excluding hydrogens is 149 g/mol. The number of halogens is 1. The predicted octanol–water partition coefficient (Wildman–Crippen LogP) is 2.01. The largest absolute Gasteiger partial charge is 0.398 e. The Morgan fingerprint density at radius 2 is 2.10 bits per heavy atom. The van der Waals surface area contributed by atoms with Gasteiger partial charge in [-0.25, -0.2) is 4.39 Å². The van der Waals surface area contributed by atoms with Crippen LogP contribution in [0, 0.1) is 12.7 Å². The zero-order valence-corrected chi connectivity index (χ0v) is 6.45. The van der Waals surface area contributed by atoms with Gasteiger partial charge in [0, 0.05) is 16.1 Å².